The maximum Gasteiger partial charge on any atom is 0.253 e. The van der Waals surface area contributed by atoms with Crippen LogP contribution in [0.15, 0.2) is 24.3 Å². The van der Waals surface area contributed by atoms with Crippen LogP contribution in [0.3, 0.4) is 0 Å². The zero-order valence-electron chi connectivity index (χ0n) is 14.5. The number of nitrogens with zero attached hydrogens (tertiary/aromatic N) is 1. The standard InChI is InChI=1S/C18H28N2O2.ClH/c1-5-18(6-2)15(12-16(18)22-7-3)20(4)17(21)13-9-8-10-14(19)11-13;/h8-11,15-16H,5-7,12,19H2,1-4H3;1H. The number of rotatable bonds is 6. The third kappa shape index (κ3) is 3.48. The van der Waals surface area contributed by atoms with E-state index in [2.05, 4.69) is 13.8 Å². The molecule has 0 saturated heterocycles. The van der Waals surface area contributed by atoms with E-state index in [-0.39, 0.29) is 35.9 Å². The van der Waals surface area contributed by atoms with Crippen LogP contribution in [0.5, 0.6) is 0 Å². The average molecular weight is 341 g/mol. The van der Waals surface area contributed by atoms with Crippen LogP contribution in [-0.2, 0) is 4.74 Å². The highest BCUT2D eigenvalue weighted by molar-refractivity contribution is 5.95. The van der Waals surface area contributed by atoms with Crippen molar-refractivity contribution >= 4 is 24.0 Å². The monoisotopic (exact) mass is 340 g/mol. The molecule has 5 heteroatoms. The number of anilines is 1. The van der Waals surface area contributed by atoms with Crippen molar-refractivity contribution < 1.29 is 9.53 Å². The number of hydrogen-bond donors (Lipinski definition) is 1. The number of carbonyl (C=O) groups excluding carboxylic acids is 1. The molecule has 2 N–H and O–H groups in total. The van der Waals surface area contributed by atoms with E-state index in [1.54, 1.807) is 12.1 Å². The zero-order chi connectivity index (χ0) is 16.3. The van der Waals surface area contributed by atoms with Crippen molar-refractivity contribution in [1.29, 1.82) is 0 Å². The molecule has 1 aliphatic rings. The van der Waals surface area contributed by atoms with Gasteiger partial charge in [0.05, 0.1) is 6.10 Å². The van der Waals surface area contributed by atoms with Crippen LogP contribution >= 0.6 is 12.4 Å². The number of halogens is 1. The minimum absolute atomic E-state index is 0. The Morgan fingerprint density at radius 2 is 2.00 bits per heavy atom. The fourth-order valence-corrected chi connectivity index (χ4v) is 3.90. The minimum atomic E-state index is 0. The van der Waals surface area contributed by atoms with Crippen molar-refractivity contribution in [3.05, 3.63) is 29.8 Å². The summed E-state index contributed by atoms with van der Waals surface area (Å²) < 4.78 is 5.90. The van der Waals surface area contributed by atoms with E-state index < -0.39 is 0 Å². The predicted molar refractivity (Wildman–Crippen MR) is 97.0 cm³/mol. The number of carbonyl (C=O) groups is 1. The molecular formula is C18H29ClN2O2. The number of benzene rings is 1. The Morgan fingerprint density at radius 1 is 1.35 bits per heavy atom. The summed E-state index contributed by atoms with van der Waals surface area (Å²) in [4.78, 5) is 14.6. The summed E-state index contributed by atoms with van der Waals surface area (Å²) in [6.45, 7) is 7.15. The Hall–Kier alpha value is -1.26. The molecule has 1 amide bonds. The molecule has 2 unspecified atom stereocenters. The summed E-state index contributed by atoms with van der Waals surface area (Å²) in [5, 5.41) is 0. The molecule has 0 aromatic heterocycles. The van der Waals surface area contributed by atoms with Crippen LogP contribution in [0.25, 0.3) is 0 Å². The van der Waals surface area contributed by atoms with E-state index in [0.717, 1.165) is 25.9 Å². The second-order valence-electron chi connectivity index (χ2n) is 6.18. The third-order valence-corrected chi connectivity index (χ3v) is 5.35. The minimum Gasteiger partial charge on any atom is -0.399 e. The number of nitrogen functional groups attached to an aromatic ring is 1. The molecule has 1 aliphatic carbocycles. The molecule has 23 heavy (non-hydrogen) atoms. The van der Waals surface area contributed by atoms with E-state index in [0.29, 0.717) is 11.3 Å². The number of nitrogens with two attached hydrogens (primary N) is 1. The second-order valence-corrected chi connectivity index (χ2v) is 6.18. The molecule has 2 rings (SSSR count). The summed E-state index contributed by atoms with van der Waals surface area (Å²) >= 11 is 0. The highest BCUT2D eigenvalue weighted by Crippen LogP contribution is 2.51. The lowest BCUT2D eigenvalue weighted by molar-refractivity contribution is -0.159. The maximum absolute atomic E-state index is 12.7. The van der Waals surface area contributed by atoms with Crippen molar-refractivity contribution in [3.8, 4) is 0 Å². The Labute approximate surface area is 145 Å². The van der Waals surface area contributed by atoms with E-state index in [1.165, 1.54) is 0 Å². The van der Waals surface area contributed by atoms with Gasteiger partial charge >= 0.3 is 0 Å². The largest absolute Gasteiger partial charge is 0.399 e. The summed E-state index contributed by atoms with van der Waals surface area (Å²) in [6.07, 6.45) is 3.22. The van der Waals surface area contributed by atoms with Gasteiger partial charge in [-0.2, -0.15) is 0 Å². The third-order valence-electron chi connectivity index (χ3n) is 5.35. The molecule has 1 saturated carbocycles. The molecule has 0 bridgehead atoms. The Kier molecular flexibility index (Phi) is 6.90. The van der Waals surface area contributed by atoms with Crippen LogP contribution in [-0.4, -0.2) is 36.6 Å². The molecule has 0 spiro atoms. The molecule has 4 nitrogen and oxygen atoms in total. The van der Waals surface area contributed by atoms with Crippen molar-refractivity contribution in [2.75, 3.05) is 19.4 Å². The molecule has 1 aromatic carbocycles. The maximum atomic E-state index is 12.7. The van der Waals surface area contributed by atoms with Crippen LogP contribution in [0.4, 0.5) is 5.69 Å². The van der Waals surface area contributed by atoms with Crippen LogP contribution in [0.2, 0.25) is 0 Å². The SMILES string of the molecule is CCOC1CC(N(C)C(=O)c2cccc(N)c2)C1(CC)CC.Cl. The number of amides is 1. The van der Waals surface area contributed by atoms with Gasteiger partial charge in [-0.05, 0) is 44.4 Å². The molecule has 130 valence electrons. The topological polar surface area (TPSA) is 55.6 Å². The summed E-state index contributed by atoms with van der Waals surface area (Å²) in [5.74, 6) is 0.0403. The van der Waals surface area contributed by atoms with Gasteiger partial charge in [-0.25, -0.2) is 0 Å². The predicted octanol–water partition coefficient (Wildman–Crippen LogP) is 3.75. The van der Waals surface area contributed by atoms with Gasteiger partial charge in [0.15, 0.2) is 0 Å². The van der Waals surface area contributed by atoms with Crippen molar-refractivity contribution in [2.45, 2.75) is 52.2 Å². The molecule has 0 radical (unpaired) electrons. The van der Waals surface area contributed by atoms with Gasteiger partial charge in [-0.3, -0.25) is 4.79 Å². The van der Waals surface area contributed by atoms with Gasteiger partial charge in [0.2, 0.25) is 0 Å². The van der Waals surface area contributed by atoms with Gasteiger partial charge in [0, 0.05) is 36.4 Å². The number of ether oxygens (including phenoxy) is 1. The summed E-state index contributed by atoms with van der Waals surface area (Å²) in [7, 11) is 1.90. The molecule has 1 aromatic rings. The van der Waals surface area contributed by atoms with Gasteiger partial charge in [-0.15, -0.1) is 12.4 Å². The average Bonchev–Trinajstić information content (AvgIpc) is 2.51. The first-order valence-corrected chi connectivity index (χ1v) is 8.24. The first kappa shape index (κ1) is 19.8. The summed E-state index contributed by atoms with van der Waals surface area (Å²) in [6, 6.07) is 7.43. The quantitative estimate of drug-likeness (QED) is 0.802. The fraction of sp³-hybridized carbons (Fsp3) is 0.611. The van der Waals surface area contributed by atoms with Crippen molar-refractivity contribution in [2.24, 2.45) is 5.41 Å². The van der Waals surface area contributed by atoms with E-state index in [9.17, 15) is 4.79 Å². The van der Waals surface area contributed by atoms with Gasteiger partial charge in [0.1, 0.15) is 0 Å². The highest BCUT2D eigenvalue weighted by atomic mass is 35.5. The molecule has 0 aliphatic heterocycles. The fourth-order valence-electron chi connectivity index (χ4n) is 3.90. The second kappa shape index (κ2) is 8.02. The van der Waals surface area contributed by atoms with E-state index in [4.69, 9.17) is 10.5 Å². The lowest BCUT2D eigenvalue weighted by Crippen LogP contribution is -2.64. The highest BCUT2D eigenvalue weighted by Gasteiger charge is 2.55. The van der Waals surface area contributed by atoms with Crippen molar-refractivity contribution in [1.82, 2.24) is 4.90 Å². The van der Waals surface area contributed by atoms with Crippen LogP contribution < -0.4 is 5.73 Å². The van der Waals surface area contributed by atoms with Gasteiger partial charge in [-0.1, -0.05) is 19.9 Å². The number of hydrogen-bond acceptors (Lipinski definition) is 3. The van der Waals surface area contributed by atoms with Gasteiger partial charge < -0.3 is 15.4 Å². The molecule has 1 fully saturated rings. The Balaban J connectivity index is 0.00000264. The Bertz CT molecular complexity index is 532. The smallest absolute Gasteiger partial charge is 0.253 e. The zero-order valence-corrected chi connectivity index (χ0v) is 15.4. The van der Waals surface area contributed by atoms with Crippen LogP contribution in [0.1, 0.15) is 50.4 Å². The molecule has 2 atom stereocenters. The van der Waals surface area contributed by atoms with E-state index in [1.807, 2.05) is 31.0 Å². The normalized spacial score (nSPS) is 21.9. The molecule has 0 heterocycles. The lowest BCUT2D eigenvalue weighted by Gasteiger charge is -2.58. The summed E-state index contributed by atoms with van der Waals surface area (Å²) in [5.41, 5.74) is 7.14. The van der Waals surface area contributed by atoms with E-state index >= 15 is 0 Å². The first-order chi connectivity index (χ1) is 10.5. The lowest BCUT2D eigenvalue weighted by atomic mass is 9.58. The van der Waals surface area contributed by atoms with Crippen molar-refractivity contribution in [3.63, 3.8) is 0 Å². The van der Waals surface area contributed by atoms with Crippen LogP contribution in [0, 0.1) is 5.41 Å². The Morgan fingerprint density at radius 3 is 2.52 bits per heavy atom. The van der Waals surface area contributed by atoms with Gasteiger partial charge in [0.25, 0.3) is 5.91 Å². The first-order valence-electron chi connectivity index (χ1n) is 8.24. The molecular weight excluding hydrogens is 312 g/mol.